The minimum absolute atomic E-state index is 0.115. The lowest BCUT2D eigenvalue weighted by molar-refractivity contribution is -0.137. The Bertz CT molecular complexity index is 384. The average molecular weight is 234 g/mol. The van der Waals surface area contributed by atoms with Crippen molar-refractivity contribution < 1.29 is 9.59 Å². The van der Waals surface area contributed by atoms with Crippen LogP contribution in [0.2, 0.25) is 0 Å². The molecule has 1 aromatic heterocycles. The maximum absolute atomic E-state index is 11.8. The van der Waals surface area contributed by atoms with Crippen molar-refractivity contribution in [2.75, 3.05) is 13.1 Å². The average Bonchev–Trinajstić information content (AvgIpc) is 2.82. The molecule has 1 fully saturated rings. The molecule has 0 unspecified atom stereocenters. The molecular weight excluding hydrogens is 216 g/mol. The third-order valence-corrected chi connectivity index (χ3v) is 3.10. The zero-order chi connectivity index (χ0) is 12.1. The quantitative estimate of drug-likeness (QED) is 0.859. The summed E-state index contributed by atoms with van der Waals surface area (Å²) in [6.07, 6.45) is 5.60. The number of H-pyrrole nitrogens is 1. The van der Waals surface area contributed by atoms with E-state index in [-0.39, 0.29) is 11.7 Å². The lowest BCUT2D eigenvalue weighted by atomic mass is 10.1. The molecule has 1 saturated heterocycles. The van der Waals surface area contributed by atoms with Crippen molar-refractivity contribution in [1.29, 1.82) is 0 Å². The van der Waals surface area contributed by atoms with Gasteiger partial charge in [-0.2, -0.15) is 0 Å². The van der Waals surface area contributed by atoms with Gasteiger partial charge < -0.3 is 9.88 Å². The molecule has 0 saturated carbocycles. The predicted octanol–water partition coefficient (Wildman–Crippen LogP) is 1.53. The van der Waals surface area contributed by atoms with Gasteiger partial charge in [-0.25, -0.2) is 0 Å². The molecular formula is C13H18N2O2. The van der Waals surface area contributed by atoms with Crippen LogP contribution in [0.25, 0.3) is 0 Å². The summed E-state index contributed by atoms with van der Waals surface area (Å²) in [5, 5.41) is 0. The van der Waals surface area contributed by atoms with Crippen molar-refractivity contribution in [3.63, 3.8) is 0 Å². The number of hydrogen-bond acceptors (Lipinski definition) is 2. The lowest BCUT2D eigenvalue weighted by Gasteiger charge is -2.25. The number of carbonyl (C=O) groups is 2. The van der Waals surface area contributed by atoms with Crippen molar-refractivity contribution in [3.8, 4) is 0 Å². The van der Waals surface area contributed by atoms with Crippen LogP contribution in [0, 0.1) is 0 Å². The number of nitrogens with one attached hydrogen (secondary N) is 1. The van der Waals surface area contributed by atoms with Gasteiger partial charge in [0, 0.05) is 31.3 Å². The minimum Gasteiger partial charge on any atom is -0.365 e. The van der Waals surface area contributed by atoms with Gasteiger partial charge in [-0.1, -0.05) is 0 Å². The Kier molecular flexibility index (Phi) is 3.96. The first kappa shape index (κ1) is 11.9. The normalized spacial score (nSPS) is 16.2. The number of hydrogen-bond donors (Lipinski definition) is 1. The lowest BCUT2D eigenvalue weighted by Crippen LogP contribution is -2.40. The predicted molar refractivity (Wildman–Crippen MR) is 64.6 cm³/mol. The van der Waals surface area contributed by atoms with E-state index in [9.17, 15) is 9.59 Å². The third-order valence-electron chi connectivity index (χ3n) is 3.10. The van der Waals surface area contributed by atoms with Gasteiger partial charge in [-0.05, 0) is 31.4 Å². The SMILES string of the molecule is O=C1CCCN(C(=O)CCCc2ccc[nH]2)C1. The molecule has 1 N–H and O–H groups in total. The standard InChI is InChI=1S/C13H18N2O2/c16-12-6-3-9-15(10-12)13(17)7-1-4-11-5-2-8-14-11/h2,5,8,14H,1,3-4,6-7,9-10H2. The fourth-order valence-corrected chi connectivity index (χ4v) is 2.16. The van der Waals surface area contributed by atoms with Crippen LogP contribution in [0.3, 0.4) is 0 Å². The number of nitrogens with zero attached hydrogens (tertiary/aromatic N) is 1. The molecule has 1 aliphatic heterocycles. The third kappa shape index (κ3) is 3.44. The molecule has 1 aliphatic rings. The largest absolute Gasteiger partial charge is 0.365 e. The van der Waals surface area contributed by atoms with Crippen molar-refractivity contribution in [2.45, 2.75) is 32.1 Å². The Morgan fingerprint density at radius 1 is 1.47 bits per heavy atom. The first-order valence-corrected chi connectivity index (χ1v) is 6.17. The van der Waals surface area contributed by atoms with E-state index in [2.05, 4.69) is 4.98 Å². The number of carbonyl (C=O) groups excluding carboxylic acids is 2. The van der Waals surface area contributed by atoms with Gasteiger partial charge in [-0.15, -0.1) is 0 Å². The highest BCUT2D eigenvalue weighted by molar-refractivity contribution is 5.87. The van der Waals surface area contributed by atoms with Crippen LogP contribution >= 0.6 is 0 Å². The van der Waals surface area contributed by atoms with Crippen molar-refractivity contribution in [3.05, 3.63) is 24.0 Å². The summed E-state index contributed by atoms with van der Waals surface area (Å²) in [6.45, 7) is 1.06. The molecule has 0 spiro atoms. The topological polar surface area (TPSA) is 53.2 Å². The molecule has 0 aromatic carbocycles. The second-order valence-corrected chi connectivity index (χ2v) is 4.51. The van der Waals surface area contributed by atoms with E-state index in [1.807, 2.05) is 18.3 Å². The van der Waals surface area contributed by atoms with Gasteiger partial charge in [0.05, 0.1) is 6.54 Å². The van der Waals surface area contributed by atoms with Gasteiger partial charge in [0.2, 0.25) is 5.91 Å². The van der Waals surface area contributed by atoms with Crippen LogP contribution in [0.5, 0.6) is 0 Å². The fourth-order valence-electron chi connectivity index (χ4n) is 2.16. The van der Waals surface area contributed by atoms with Crippen molar-refractivity contribution >= 4 is 11.7 Å². The molecule has 92 valence electrons. The molecule has 17 heavy (non-hydrogen) atoms. The fraction of sp³-hybridized carbons (Fsp3) is 0.538. The molecule has 4 nitrogen and oxygen atoms in total. The summed E-state index contributed by atoms with van der Waals surface area (Å²) in [5.41, 5.74) is 1.16. The number of aromatic amines is 1. The van der Waals surface area contributed by atoms with Crippen LogP contribution < -0.4 is 0 Å². The van der Waals surface area contributed by atoms with Crippen molar-refractivity contribution in [1.82, 2.24) is 9.88 Å². The number of likely N-dealkylation sites (tertiary alicyclic amines) is 1. The second kappa shape index (κ2) is 5.66. The Labute approximate surface area is 101 Å². The van der Waals surface area contributed by atoms with E-state index in [0.29, 0.717) is 19.4 Å². The molecule has 1 amide bonds. The first-order valence-electron chi connectivity index (χ1n) is 6.17. The number of ketones is 1. The van der Waals surface area contributed by atoms with E-state index in [1.165, 1.54) is 0 Å². The monoisotopic (exact) mass is 234 g/mol. The number of Topliss-reactive ketones (excluding diaryl/α,β-unsaturated/α-hetero) is 1. The van der Waals surface area contributed by atoms with E-state index < -0.39 is 0 Å². The number of piperidine rings is 1. The molecule has 0 radical (unpaired) electrons. The van der Waals surface area contributed by atoms with Crippen LogP contribution in [0.15, 0.2) is 18.3 Å². The Morgan fingerprint density at radius 3 is 3.06 bits per heavy atom. The highest BCUT2D eigenvalue weighted by atomic mass is 16.2. The van der Waals surface area contributed by atoms with E-state index >= 15 is 0 Å². The zero-order valence-electron chi connectivity index (χ0n) is 9.95. The van der Waals surface area contributed by atoms with E-state index in [0.717, 1.165) is 31.5 Å². The number of rotatable bonds is 4. The Morgan fingerprint density at radius 2 is 2.35 bits per heavy atom. The molecule has 2 heterocycles. The molecule has 1 aromatic rings. The second-order valence-electron chi connectivity index (χ2n) is 4.51. The minimum atomic E-state index is 0.115. The Hall–Kier alpha value is -1.58. The Balaban J connectivity index is 1.71. The van der Waals surface area contributed by atoms with Gasteiger partial charge in [0.25, 0.3) is 0 Å². The molecule has 0 bridgehead atoms. The summed E-state index contributed by atoms with van der Waals surface area (Å²) < 4.78 is 0. The number of aromatic nitrogens is 1. The van der Waals surface area contributed by atoms with Crippen molar-refractivity contribution in [2.24, 2.45) is 0 Å². The maximum Gasteiger partial charge on any atom is 0.222 e. The summed E-state index contributed by atoms with van der Waals surface area (Å²) >= 11 is 0. The summed E-state index contributed by atoms with van der Waals surface area (Å²) in [5.74, 6) is 0.304. The maximum atomic E-state index is 11.8. The molecule has 4 heteroatoms. The summed E-state index contributed by atoms with van der Waals surface area (Å²) in [7, 11) is 0. The number of amides is 1. The number of aryl methyl sites for hydroxylation is 1. The van der Waals surface area contributed by atoms with Crippen LogP contribution in [0.4, 0.5) is 0 Å². The summed E-state index contributed by atoms with van der Waals surface area (Å²) in [6, 6.07) is 3.98. The van der Waals surface area contributed by atoms with E-state index in [1.54, 1.807) is 4.90 Å². The highest BCUT2D eigenvalue weighted by Gasteiger charge is 2.20. The smallest absolute Gasteiger partial charge is 0.222 e. The molecule has 0 atom stereocenters. The highest BCUT2D eigenvalue weighted by Crippen LogP contribution is 2.09. The van der Waals surface area contributed by atoms with Gasteiger partial charge in [-0.3, -0.25) is 9.59 Å². The summed E-state index contributed by atoms with van der Waals surface area (Å²) in [4.78, 5) is 27.9. The molecule has 2 rings (SSSR count). The molecule has 0 aliphatic carbocycles. The zero-order valence-corrected chi connectivity index (χ0v) is 9.95. The van der Waals surface area contributed by atoms with E-state index in [4.69, 9.17) is 0 Å². The first-order chi connectivity index (χ1) is 8.25. The van der Waals surface area contributed by atoms with Gasteiger partial charge in [0.1, 0.15) is 0 Å². The van der Waals surface area contributed by atoms with Crippen LogP contribution in [-0.2, 0) is 16.0 Å². The van der Waals surface area contributed by atoms with Crippen LogP contribution in [-0.4, -0.2) is 34.7 Å². The van der Waals surface area contributed by atoms with Gasteiger partial charge in [0.15, 0.2) is 5.78 Å². The van der Waals surface area contributed by atoms with Crippen LogP contribution in [0.1, 0.15) is 31.4 Å². The van der Waals surface area contributed by atoms with Gasteiger partial charge >= 0.3 is 0 Å².